The van der Waals surface area contributed by atoms with Gasteiger partial charge in [-0.25, -0.2) is 16.8 Å². The molecule has 0 saturated carbocycles. The molecule has 7 nitrogen and oxygen atoms in total. The van der Waals surface area contributed by atoms with E-state index in [1.165, 1.54) is 8.61 Å². The minimum Gasteiger partial charge on any atom is -0.264 e. The Hall–Kier alpha value is -1.55. The van der Waals surface area contributed by atoms with Gasteiger partial charge in [-0.1, -0.05) is 25.5 Å². The lowest BCUT2D eigenvalue weighted by atomic mass is 10.2. The molecule has 3 rings (SSSR count). The Bertz CT molecular complexity index is 977. The first-order chi connectivity index (χ1) is 12.4. The summed E-state index contributed by atoms with van der Waals surface area (Å²) in [5.74, 6) is 0.118. The molecule has 0 bridgehead atoms. The van der Waals surface area contributed by atoms with E-state index in [0.29, 0.717) is 11.8 Å². The molecule has 1 saturated heterocycles. The van der Waals surface area contributed by atoms with E-state index >= 15 is 0 Å². The number of aromatic nitrogens is 1. The number of unbranched alkanes of at least 4 members (excludes halogenated alkanes) is 1. The molecule has 1 aliphatic heterocycles. The van der Waals surface area contributed by atoms with E-state index in [9.17, 15) is 16.8 Å². The Labute approximate surface area is 154 Å². The van der Waals surface area contributed by atoms with Crippen molar-refractivity contribution < 1.29 is 16.8 Å². The maximum atomic E-state index is 13.1. The van der Waals surface area contributed by atoms with Crippen LogP contribution in [0.5, 0.6) is 0 Å². The molecule has 1 aromatic heterocycles. The fourth-order valence-electron chi connectivity index (χ4n) is 3.10. The van der Waals surface area contributed by atoms with Crippen molar-refractivity contribution in [2.24, 2.45) is 0 Å². The molecule has 2 heterocycles. The van der Waals surface area contributed by atoms with E-state index < -0.39 is 20.0 Å². The molecule has 1 fully saturated rings. The van der Waals surface area contributed by atoms with Crippen LogP contribution in [0.1, 0.15) is 19.8 Å². The first-order valence-electron chi connectivity index (χ1n) is 8.67. The molecule has 0 aliphatic carbocycles. The zero-order chi connectivity index (χ0) is 18.8. The van der Waals surface area contributed by atoms with Crippen LogP contribution in [-0.4, -0.2) is 62.4 Å². The fraction of sp³-hybridized carbons (Fsp3) is 0.471. The third-order valence-corrected chi connectivity index (χ3v) is 8.52. The van der Waals surface area contributed by atoms with E-state index in [2.05, 4.69) is 4.98 Å². The lowest BCUT2D eigenvalue weighted by Gasteiger charge is -2.33. The van der Waals surface area contributed by atoms with Crippen molar-refractivity contribution >= 4 is 30.8 Å². The Balaban J connectivity index is 1.80. The standard InChI is InChI=1S/C17H23N3O4S2/c1-2-3-13-25(21,22)19-9-11-20(12-10-19)26(23,24)17-6-4-5-15-14-18-8-7-16(15)17/h4-8,14H,2-3,9-13H2,1H3. The SMILES string of the molecule is CCCCS(=O)(=O)N1CCN(S(=O)(=O)c2cccc3cnccc23)CC1. The number of hydrogen-bond acceptors (Lipinski definition) is 5. The number of fused-ring (bicyclic) bond motifs is 1. The van der Waals surface area contributed by atoms with Gasteiger partial charge >= 0.3 is 0 Å². The summed E-state index contributed by atoms with van der Waals surface area (Å²) < 4.78 is 53.5. The molecule has 0 atom stereocenters. The van der Waals surface area contributed by atoms with Crippen LogP contribution in [0.4, 0.5) is 0 Å². The zero-order valence-corrected chi connectivity index (χ0v) is 16.3. The summed E-state index contributed by atoms with van der Waals surface area (Å²) in [6, 6.07) is 6.79. The van der Waals surface area contributed by atoms with Gasteiger partial charge in [0.15, 0.2) is 0 Å². The molecule has 142 valence electrons. The van der Waals surface area contributed by atoms with Gasteiger partial charge in [-0.2, -0.15) is 8.61 Å². The molecule has 0 radical (unpaired) electrons. The van der Waals surface area contributed by atoms with Crippen LogP contribution < -0.4 is 0 Å². The molecular formula is C17H23N3O4S2. The zero-order valence-electron chi connectivity index (χ0n) is 14.7. The average Bonchev–Trinajstić information content (AvgIpc) is 2.66. The van der Waals surface area contributed by atoms with E-state index in [1.54, 1.807) is 30.6 Å². The summed E-state index contributed by atoms with van der Waals surface area (Å²) in [5.41, 5.74) is 0. The molecule has 0 unspecified atom stereocenters. The van der Waals surface area contributed by atoms with Gasteiger partial charge < -0.3 is 0 Å². The quantitative estimate of drug-likeness (QED) is 0.740. The number of piperazine rings is 1. The predicted octanol–water partition coefficient (Wildman–Crippen LogP) is 1.67. The highest BCUT2D eigenvalue weighted by Gasteiger charge is 2.33. The summed E-state index contributed by atoms with van der Waals surface area (Å²) in [6.45, 7) is 2.65. The van der Waals surface area contributed by atoms with E-state index in [1.807, 2.05) is 13.0 Å². The van der Waals surface area contributed by atoms with E-state index in [0.717, 1.165) is 11.8 Å². The number of pyridine rings is 1. The number of sulfonamides is 2. The lowest BCUT2D eigenvalue weighted by Crippen LogP contribution is -2.50. The van der Waals surface area contributed by atoms with Gasteiger partial charge in [-0.05, 0) is 18.6 Å². The van der Waals surface area contributed by atoms with Crippen molar-refractivity contribution in [1.29, 1.82) is 0 Å². The van der Waals surface area contributed by atoms with Gasteiger partial charge in [0.2, 0.25) is 20.0 Å². The van der Waals surface area contributed by atoms with Crippen molar-refractivity contribution in [2.45, 2.75) is 24.7 Å². The highest BCUT2D eigenvalue weighted by molar-refractivity contribution is 7.89. The molecule has 1 aromatic carbocycles. The second kappa shape index (κ2) is 7.59. The molecular weight excluding hydrogens is 374 g/mol. The molecule has 26 heavy (non-hydrogen) atoms. The number of hydrogen-bond donors (Lipinski definition) is 0. The van der Waals surface area contributed by atoms with E-state index in [4.69, 9.17) is 0 Å². The van der Waals surface area contributed by atoms with Crippen molar-refractivity contribution in [3.05, 3.63) is 36.7 Å². The smallest absolute Gasteiger partial charge is 0.243 e. The molecule has 2 aromatic rings. The summed E-state index contributed by atoms with van der Waals surface area (Å²) >= 11 is 0. The molecule has 9 heteroatoms. The second-order valence-electron chi connectivity index (χ2n) is 6.33. The van der Waals surface area contributed by atoms with Gasteiger partial charge in [-0.3, -0.25) is 4.98 Å². The van der Waals surface area contributed by atoms with Crippen LogP contribution >= 0.6 is 0 Å². The minimum absolute atomic E-state index is 0.118. The molecule has 0 amide bonds. The second-order valence-corrected chi connectivity index (χ2v) is 10.3. The normalized spacial score (nSPS) is 17.6. The average molecular weight is 398 g/mol. The summed E-state index contributed by atoms with van der Waals surface area (Å²) in [4.78, 5) is 4.26. The van der Waals surface area contributed by atoms with Crippen LogP contribution in [0, 0.1) is 0 Å². The summed E-state index contributed by atoms with van der Waals surface area (Å²) in [5, 5.41) is 1.38. The Morgan fingerprint density at radius 3 is 2.38 bits per heavy atom. The van der Waals surface area contributed by atoms with Crippen LogP contribution in [0.3, 0.4) is 0 Å². The van der Waals surface area contributed by atoms with Gasteiger partial charge in [-0.15, -0.1) is 0 Å². The largest absolute Gasteiger partial charge is 0.264 e. The third kappa shape index (κ3) is 3.75. The van der Waals surface area contributed by atoms with Crippen LogP contribution in [0.25, 0.3) is 10.8 Å². The number of benzene rings is 1. The molecule has 0 spiro atoms. The van der Waals surface area contributed by atoms with Gasteiger partial charge in [0.1, 0.15) is 0 Å². The van der Waals surface area contributed by atoms with Crippen LogP contribution in [-0.2, 0) is 20.0 Å². The van der Waals surface area contributed by atoms with Gasteiger partial charge in [0.05, 0.1) is 10.6 Å². The van der Waals surface area contributed by atoms with Crippen LogP contribution in [0.2, 0.25) is 0 Å². The molecule has 1 aliphatic rings. The van der Waals surface area contributed by atoms with Crippen molar-refractivity contribution in [2.75, 3.05) is 31.9 Å². The Morgan fingerprint density at radius 2 is 1.69 bits per heavy atom. The maximum absolute atomic E-state index is 13.1. The summed E-state index contributed by atoms with van der Waals surface area (Å²) in [6.07, 6.45) is 4.63. The van der Waals surface area contributed by atoms with E-state index in [-0.39, 0.29) is 36.8 Å². The lowest BCUT2D eigenvalue weighted by molar-refractivity contribution is 0.273. The fourth-order valence-corrected chi connectivity index (χ4v) is 6.37. The van der Waals surface area contributed by atoms with Crippen molar-refractivity contribution in [1.82, 2.24) is 13.6 Å². The highest BCUT2D eigenvalue weighted by Crippen LogP contribution is 2.26. The van der Waals surface area contributed by atoms with Gasteiger partial charge in [0.25, 0.3) is 0 Å². The first-order valence-corrected chi connectivity index (χ1v) is 11.7. The Kier molecular flexibility index (Phi) is 5.61. The minimum atomic E-state index is -3.69. The van der Waals surface area contributed by atoms with Crippen molar-refractivity contribution in [3.8, 4) is 0 Å². The number of rotatable bonds is 6. The predicted molar refractivity (Wildman–Crippen MR) is 101 cm³/mol. The van der Waals surface area contributed by atoms with Crippen molar-refractivity contribution in [3.63, 3.8) is 0 Å². The van der Waals surface area contributed by atoms with Crippen LogP contribution in [0.15, 0.2) is 41.6 Å². The first kappa shape index (κ1) is 19.2. The number of nitrogens with zero attached hydrogens (tertiary/aromatic N) is 3. The maximum Gasteiger partial charge on any atom is 0.243 e. The summed E-state index contributed by atoms with van der Waals surface area (Å²) in [7, 11) is -7.00. The molecule has 0 N–H and O–H groups in total. The third-order valence-electron chi connectivity index (χ3n) is 4.61. The highest BCUT2D eigenvalue weighted by atomic mass is 32.2. The topological polar surface area (TPSA) is 87.7 Å². The van der Waals surface area contributed by atoms with Gasteiger partial charge in [0, 0.05) is 49.3 Å². The monoisotopic (exact) mass is 397 g/mol. The Morgan fingerprint density at radius 1 is 1.00 bits per heavy atom.